The van der Waals surface area contributed by atoms with Crippen LogP contribution in [-0.4, -0.2) is 87.0 Å². The number of aliphatic hydroxyl groups excluding tert-OH is 3. The van der Waals surface area contributed by atoms with Gasteiger partial charge < -0.3 is 54.0 Å². The fraction of sp³-hybridized carbons (Fsp3) is 0.320. The molecule has 6 N–H and O–H groups in total. The molecule has 1 aliphatic rings. The first-order chi connectivity index (χ1) is 18.5. The third-order valence-electron chi connectivity index (χ3n) is 5.87. The maximum absolute atomic E-state index is 12.7. The van der Waals surface area contributed by atoms with Crippen LogP contribution in [0.5, 0.6) is 23.0 Å². The quantitative estimate of drug-likeness (QED) is 0.162. The number of hydrogen-bond acceptors (Lipinski definition) is 13. The van der Waals surface area contributed by atoms with E-state index in [1.165, 1.54) is 31.4 Å². The molecular weight excluding hydrogens is 524 g/mol. The second-order valence-electron chi connectivity index (χ2n) is 8.56. The molecule has 0 saturated carbocycles. The molecule has 39 heavy (non-hydrogen) atoms. The topological polar surface area (TPSA) is 223 Å². The lowest BCUT2D eigenvalue weighted by Crippen LogP contribution is -2.60. The van der Waals surface area contributed by atoms with Crippen LogP contribution in [0.2, 0.25) is 0 Å². The van der Waals surface area contributed by atoms with Crippen LogP contribution in [0.25, 0.3) is 22.3 Å². The summed E-state index contributed by atoms with van der Waals surface area (Å²) in [5.41, 5.74) is -0.421. The van der Waals surface area contributed by atoms with Crippen molar-refractivity contribution in [1.29, 1.82) is 0 Å². The van der Waals surface area contributed by atoms with Gasteiger partial charge in [-0.15, -0.1) is 0 Å². The number of carbonyl (C=O) groups is 2. The Balaban J connectivity index is 1.60. The van der Waals surface area contributed by atoms with Crippen LogP contribution >= 0.6 is 0 Å². The zero-order valence-corrected chi connectivity index (χ0v) is 20.2. The number of fused-ring (bicyclic) bond motifs is 1. The Hall–Kier alpha value is -4.37. The van der Waals surface area contributed by atoms with E-state index in [-0.39, 0.29) is 34.0 Å². The van der Waals surface area contributed by atoms with E-state index >= 15 is 0 Å². The number of esters is 1. The molecule has 14 heteroatoms. The molecule has 208 valence electrons. The summed E-state index contributed by atoms with van der Waals surface area (Å²) >= 11 is 0. The number of phenols is 2. The molecule has 0 bridgehead atoms. The van der Waals surface area contributed by atoms with E-state index in [0.29, 0.717) is 5.56 Å². The van der Waals surface area contributed by atoms with Gasteiger partial charge in [0, 0.05) is 23.8 Å². The van der Waals surface area contributed by atoms with Crippen molar-refractivity contribution in [2.24, 2.45) is 0 Å². The number of rotatable bonds is 8. The van der Waals surface area contributed by atoms with E-state index < -0.39 is 66.9 Å². The molecule has 2 heterocycles. The molecule has 0 aliphatic carbocycles. The molecule has 1 aliphatic heterocycles. The zero-order valence-electron chi connectivity index (χ0n) is 20.2. The fourth-order valence-electron chi connectivity index (χ4n) is 3.93. The first kappa shape index (κ1) is 27.7. The average molecular weight is 548 g/mol. The van der Waals surface area contributed by atoms with Gasteiger partial charge in [-0.1, -0.05) is 0 Å². The minimum atomic E-state index is -1.81. The van der Waals surface area contributed by atoms with Crippen molar-refractivity contribution in [2.75, 3.05) is 13.7 Å². The first-order valence-electron chi connectivity index (χ1n) is 11.4. The van der Waals surface area contributed by atoms with Gasteiger partial charge in [-0.3, -0.25) is 14.4 Å². The smallest absolute Gasteiger partial charge is 0.317 e. The zero-order chi connectivity index (χ0) is 28.4. The minimum absolute atomic E-state index is 0.0396. The summed E-state index contributed by atoms with van der Waals surface area (Å²) in [7, 11) is 1.37. The average Bonchev–Trinajstić information content (AvgIpc) is 2.87. The van der Waals surface area contributed by atoms with Crippen LogP contribution in [-0.2, 0) is 19.1 Å². The SMILES string of the molecule is COc1ccc(-c2cc(=O)c3c(O)cc(O[C@H]4O[C@@H](COC(=O)CC(=O)O)[C@H](O)[C@H](O)[C@@H]4O)cc3o2)cc1O. The summed E-state index contributed by atoms with van der Waals surface area (Å²) in [5.74, 6) is -3.23. The Labute approximate surface area is 218 Å². The number of carboxylic acids is 1. The largest absolute Gasteiger partial charge is 0.507 e. The summed E-state index contributed by atoms with van der Waals surface area (Å²) < 4.78 is 26.5. The Bertz CT molecular complexity index is 1450. The number of carboxylic acid groups (broad SMARTS) is 1. The Kier molecular flexibility index (Phi) is 7.92. The van der Waals surface area contributed by atoms with Crippen molar-refractivity contribution in [3.63, 3.8) is 0 Å². The third-order valence-corrected chi connectivity index (χ3v) is 5.87. The van der Waals surface area contributed by atoms with Gasteiger partial charge in [0.1, 0.15) is 65.7 Å². The molecule has 5 atom stereocenters. The van der Waals surface area contributed by atoms with Crippen LogP contribution in [0.15, 0.2) is 45.6 Å². The monoisotopic (exact) mass is 548 g/mol. The van der Waals surface area contributed by atoms with Crippen molar-refractivity contribution in [2.45, 2.75) is 37.1 Å². The molecular formula is C25H24O14. The first-order valence-corrected chi connectivity index (χ1v) is 11.4. The van der Waals surface area contributed by atoms with Gasteiger partial charge in [-0.2, -0.15) is 0 Å². The third kappa shape index (κ3) is 5.88. The number of methoxy groups -OCH3 is 1. The van der Waals surface area contributed by atoms with Crippen LogP contribution < -0.4 is 14.9 Å². The summed E-state index contributed by atoms with van der Waals surface area (Å²) in [6.45, 7) is -0.660. The van der Waals surface area contributed by atoms with E-state index in [1.807, 2.05) is 0 Å². The highest BCUT2D eigenvalue weighted by atomic mass is 16.7. The molecule has 0 radical (unpaired) electrons. The number of benzene rings is 2. The number of carbonyl (C=O) groups excluding carboxylic acids is 1. The Morgan fingerprint density at radius 3 is 2.38 bits per heavy atom. The van der Waals surface area contributed by atoms with Gasteiger partial charge in [0.25, 0.3) is 0 Å². The summed E-state index contributed by atoms with van der Waals surface area (Å²) in [6, 6.07) is 7.66. The van der Waals surface area contributed by atoms with Gasteiger partial charge >= 0.3 is 11.9 Å². The van der Waals surface area contributed by atoms with Crippen LogP contribution in [0.3, 0.4) is 0 Å². The molecule has 0 amide bonds. The molecule has 1 fully saturated rings. The van der Waals surface area contributed by atoms with Crippen molar-refractivity contribution in [3.8, 4) is 34.3 Å². The van der Waals surface area contributed by atoms with Crippen LogP contribution in [0.4, 0.5) is 0 Å². The van der Waals surface area contributed by atoms with Crippen molar-refractivity contribution in [3.05, 3.63) is 46.6 Å². The number of hydrogen-bond donors (Lipinski definition) is 6. The van der Waals surface area contributed by atoms with E-state index in [9.17, 15) is 39.9 Å². The second kappa shape index (κ2) is 11.2. The number of aromatic hydroxyl groups is 2. The van der Waals surface area contributed by atoms with Crippen molar-refractivity contribution in [1.82, 2.24) is 0 Å². The fourth-order valence-corrected chi connectivity index (χ4v) is 3.93. The van der Waals surface area contributed by atoms with E-state index in [2.05, 4.69) is 0 Å². The van der Waals surface area contributed by atoms with Gasteiger partial charge in [-0.05, 0) is 18.2 Å². The molecule has 1 aromatic heterocycles. The molecule has 2 aromatic carbocycles. The van der Waals surface area contributed by atoms with E-state index in [0.717, 1.165) is 12.1 Å². The summed E-state index contributed by atoms with van der Waals surface area (Å²) in [6.07, 6.45) is -9.33. The van der Waals surface area contributed by atoms with E-state index in [4.69, 9.17) is 28.5 Å². The molecule has 14 nitrogen and oxygen atoms in total. The molecule has 1 saturated heterocycles. The molecule has 0 spiro atoms. The highest BCUT2D eigenvalue weighted by molar-refractivity contribution is 5.90. The number of phenolic OH excluding ortho intramolecular Hbond substituents is 2. The van der Waals surface area contributed by atoms with Gasteiger partial charge in [-0.25, -0.2) is 0 Å². The molecule has 3 aromatic rings. The van der Waals surface area contributed by atoms with Gasteiger partial charge in [0.2, 0.25) is 6.29 Å². The number of aliphatic hydroxyl groups is 3. The highest BCUT2D eigenvalue weighted by Gasteiger charge is 2.45. The lowest BCUT2D eigenvalue weighted by atomic mass is 9.99. The van der Waals surface area contributed by atoms with Crippen LogP contribution in [0, 0.1) is 0 Å². The Morgan fingerprint density at radius 2 is 1.72 bits per heavy atom. The number of aliphatic carboxylic acids is 1. The molecule has 4 rings (SSSR count). The maximum Gasteiger partial charge on any atom is 0.317 e. The second-order valence-corrected chi connectivity index (χ2v) is 8.56. The Morgan fingerprint density at radius 1 is 0.974 bits per heavy atom. The van der Waals surface area contributed by atoms with Gasteiger partial charge in [0.15, 0.2) is 16.9 Å². The van der Waals surface area contributed by atoms with Crippen molar-refractivity contribution < 1.29 is 63.6 Å². The predicted octanol–water partition coefficient (Wildman–Crippen LogP) is 0.0841. The lowest BCUT2D eigenvalue weighted by molar-refractivity contribution is -0.278. The summed E-state index contributed by atoms with van der Waals surface area (Å²) in [4.78, 5) is 34.9. The van der Waals surface area contributed by atoms with E-state index in [1.54, 1.807) is 0 Å². The standard InChI is InChI=1S/C25H24O14/c1-35-15-3-2-10(4-12(15)26)16-7-14(28)21-13(27)5-11(6-17(21)38-16)37-25-24(34)23(33)22(32)18(39-25)9-36-20(31)8-19(29)30/h2-7,18,22-27,32-34H,8-9H2,1H3,(H,29,30)/t18-,22-,23-,24-,25-/m0/s1. The van der Waals surface area contributed by atoms with Crippen molar-refractivity contribution >= 4 is 22.9 Å². The highest BCUT2D eigenvalue weighted by Crippen LogP contribution is 2.35. The normalized spacial score (nSPS) is 22.8. The lowest BCUT2D eigenvalue weighted by Gasteiger charge is -2.39. The number of ether oxygens (including phenoxy) is 4. The maximum atomic E-state index is 12.7. The van der Waals surface area contributed by atoms with Gasteiger partial charge in [0.05, 0.1) is 7.11 Å². The van der Waals surface area contributed by atoms with Crippen LogP contribution in [0.1, 0.15) is 6.42 Å². The predicted molar refractivity (Wildman–Crippen MR) is 128 cm³/mol. The summed E-state index contributed by atoms with van der Waals surface area (Å²) in [5, 5.41) is 59.8. The minimum Gasteiger partial charge on any atom is -0.507 e. The molecule has 0 unspecified atom stereocenters.